The molecule has 2 aromatic rings. The van der Waals surface area contributed by atoms with Crippen molar-refractivity contribution in [3.05, 3.63) is 57.2 Å². The van der Waals surface area contributed by atoms with Crippen LogP contribution in [0.4, 0.5) is 5.82 Å². The number of ether oxygens (including phenoxy) is 1. The van der Waals surface area contributed by atoms with Crippen LogP contribution in [0.1, 0.15) is 66.6 Å². The van der Waals surface area contributed by atoms with E-state index in [0.717, 1.165) is 11.1 Å². The van der Waals surface area contributed by atoms with Gasteiger partial charge in [-0.3, -0.25) is 0 Å². The van der Waals surface area contributed by atoms with Gasteiger partial charge in [0, 0.05) is 18.5 Å². The molecule has 1 aliphatic heterocycles. The molecule has 0 aliphatic carbocycles. The van der Waals surface area contributed by atoms with Gasteiger partial charge in [0.25, 0.3) is 0 Å². The molecule has 0 saturated heterocycles. The molecule has 0 unspecified atom stereocenters. The molecule has 0 saturated carbocycles. The van der Waals surface area contributed by atoms with Gasteiger partial charge >= 0.3 is 11.9 Å². The van der Waals surface area contributed by atoms with E-state index in [-0.39, 0.29) is 11.1 Å². The number of carbonyl (C=O) groups excluding carboxylic acids is 1. The average Bonchev–Trinajstić information content (AvgIpc) is 2.59. The molecule has 0 amide bonds. The molecular weight excluding hydrogens is 436 g/mol. The van der Waals surface area contributed by atoms with Crippen LogP contribution in [0.25, 0.3) is 0 Å². The van der Waals surface area contributed by atoms with Gasteiger partial charge in [-0.25, -0.2) is 14.6 Å². The number of pyridine rings is 1. The molecule has 7 heteroatoms. The van der Waals surface area contributed by atoms with Crippen molar-refractivity contribution in [1.82, 2.24) is 4.98 Å². The standard InChI is InChI=1S/C22H25BrN2O4/c1-21(2,3)29-20(28)18-16(23)9-10-17(24-18)25-11-14-13(19(26)27)7-6-8-15(14)22(4,5)12-25/h6-10H,11-12H2,1-5H3,(H,26,27). The molecule has 1 aromatic heterocycles. The molecule has 29 heavy (non-hydrogen) atoms. The van der Waals surface area contributed by atoms with E-state index in [4.69, 9.17) is 4.74 Å². The molecule has 2 heterocycles. The molecule has 0 bridgehead atoms. The fraction of sp³-hybridized carbons (Fsp3) is 0.409. The van der Waals surface area contributed by atoms with Gasteiger partial charge < -0.3 is 14.7 Å². The Morgan fingerprint density at radius 1 is 1.21 bits per heavy atom. The lowest BCUT2D eigenvalue weighted by molar-refractivity contribution is 0.00616. The van der Waals surface area contributed by atoms with Crippen molar-refractivity contribution in [2.45, 2.75) is 52.2 Å². The van der Waals surface area contributed by atoms with E-state index < -0.39 is 17.5 Å². The van der Waals surface area contributed by atoms with Crippen molar-refractivity contribution < 1.29 is 19.4 Å². The summed E-state index contributed by atoms with van der Waals surface area (Å²) in [5, 5.41) is 9.63. The fourth-order valence-electron chi connectivity index (χ4n) is 3.64. The normalized spacial score (nSPS) is 15.6. The third-order valence-corrected chi connectivity index (χ3v) is 5.46. The number of hydrogen-bond donors (Lipinski definition) is 1. The largest absolute Gasteiger partial charge is 0.478 e. The minimum atomic E-state index is -0.947. The van der Waals surface area contributed by atoms with Crippen molar-refractivity contribution in [1.29, 1.82) is 0 Å². The first-order valence-electron chi connectivity index (χ1n) is 9.39. The number of anilines is 1. The Morgan fingerprint density at radius 3 is 2.52 bits per heavy atom. The third-order valence-electron chi connectivity index (χ3n) is 4.82. The topological polar surface area (TPSA) is 79.7 Å². The molecule has 0 atom stereocenters. The van der Waals surface area contributed by atoms with Crippen LogP contribution in [0.2, 0.25) is 0 Å². The molecule has 0 spiro atoms. The number of fused-ring (bicyclic) bond motifs is 1. The van der Waals surface area contributed by atoms with E-state index in [2.05, 4.69) is 34.8 Å². The number of carboxylic acids is 1. The van der Waals surface area contributed by atoms with Gasteiger partial charge in [0.1, 0.15) is 11.4 Å². The zero-order valence-electron chi connectivity index (χ0n) is 17.2. The molecule has 0 radical (unpaired) electrons. The monoisotopic (exact) mass is 460 g/mol. The quantitative estimate of drug-likeness (QED) is 0.662. The smallest absolute Gasteiger partial charge is 0.358 e. The summed E-state index contributed by atoms with van der Waals surface area (Å²) in [5.74, 6) is -0.847. The number of aromatic nitrogens is 1. The molecule has 6 nitrogen and oxygen atoms in total. The van der Waals surface area contributed by atoms with Crippen LogP contribution in [-0.4, -0.2) is 34.2 Å². The first-order valence-corrected chi connectivity index (χ1v) is 10.2. The summed E-state index contributed by atoms with van der Waals surface area (Å²) in [6.45, 7) is 10.6. The molecule has 1 aromatic carbocycles. The number of hydrogen-bond acceptors (Lipinski definition) is 5. The van der Waals surface area contributed by atoms with Crippen molar-refractivity contribution in [3.63, 3.8) is 0 Å². The highest BCUT2D eigenvalue weighted by molar-refractivity contribution is 9.10. The van der Waals surface area contributed by atoms with Gasteiger partial charge in [-0.1, -0.05) is 26.0 Å². The van der Waals surface area contributed by atoms with Gasteiger partial charge in [0.15, 0.2) is 5.69 Å². The summed E-state index contributed by atoms with van der Waals surface area (Å²) in [7, 11) is 0. The number of halogens is 1. The highest BCUT2D eigenvalue weighted by Crippen LogP contribution is 2.37. The Kier molecular flexibility index (Phi) is 5.47. The Labute approximate surface area is 179 Å². The summed E-state index contributed by atoms with van der Waals surface area (Å²) < 4.78 is 6.02. The van der Waals surface area contributed by atoms with Crippen molar-refractivity contribution in [3.8, 4) is 0 Å². The Morgan fingerprint density at radius 2 is 1.90 bits per heavy atom. The van der Waals surface area contributed by atoms with Crippen molar-refractivity contribution in [2.24, 2.45) is 0 Å². The van der Waals surface area contributed by atoms with Gasteiger partial charge in [0.2, 0.25) is 0 Å². The van der Waals surface area contributed by atoms with E-state index in [1.807, 2.05) is 17.0 Å². The van der Waals surface area contributed by atoms with Crippen LogP contribution in [0, 0.1) is 0 Å². The maximum Gasteiger partial charge on any atom is 0.358 e. The molecule has 1 aliphatic rings. The van der Waals surface area contributed by atoms with Crippen molar-refractivity contribution >= 4 is 33.7 Å². The zero-order chi connectivity index (χ0) is 21.6. The lowest BCUT2D eigenvalue weighted by Gasteiger charge is -2.41. The molecule has 154 valence electrons. The number of nitrogens with zero attached hydrogens (tertiary/aromatic N) is 2. The SMILES string of the molecule is CC(C)(C)OC(=O)c1nc(N2Cc3c(C(=O)O)cccc3C(C)(C)C2)ccc1Br. The minimum absolute atomic E-state index is 0.201. The predicted octanol–water partition coefficient (Wildman–Crippen LogP) is 4.80. The highest BCUT2D eigenvalue weighted by Gasteiger charge is 2.35. The molecule has 0 fully saturated rings. The second-order valence-electron chi connectivity index (χ2n) is 8.88. The van der Waals surface area contributed by atoms with Crippen LogP contribution in [0.15, 0.2) is 34.8 Å². The lowest BCUT2D eigenvalue weighted by Crippen LogP contribution is -2.43. The minimum Gasteiger partial charge on any atom is -0.478 e. The second-order valence-corrected chi connectivity index (χ2v) is 9.73. The number of rotatable bonds is 3. The first kappa shape index (κ1) is 21.3. The van der Waals surface area contributed by atoms with Crippen LogP contribution in [-0.2, 0) is 16.7 Å². The van der Waals surface area contributed by atoms with Crippen LogP contribution >= 0.6 is 15.9 Å². The Bertz CT molecular complexity index is 979. The van der Waals surface area contributed by atoms with Gasteiger partial charge in [-0.2, -0.15) is 0 Å². The van der Waals surface area contributed by atoms with E-state index in [1.165, 1.54) is 0 Å². The summed E-state index contributed by atoms with van der Waals surface area (Å²) >= 11 is 3.38. The van der Waals surface area contributed by atoms with E-state index in [1.54, 1.807) is 39.0 Å². The molecule has 3 rings (SSSR count). The summed E-state index contributed by atoms with van der Waals surface area (Å²) in [5.41, 5.74) is 1.39. The lowest BCUT2D eigenvalue weighted by atomic mass is 9.77. The zero-order valence-corrected chi connectivity index (χ0v) is 18.8. The maximum absolute atomic E-state index is 12.6. The second kappa shape index (κ2) is 7.44. The Hall–Kier alpha value is -2.41. The fourth-order valence-corrected chi connectivity index (χ4v) is 4.02. The molecular formula is C22H25BrN2O4. The number of aromatic carboxylic acids is 1. The number of carboxylic acid groups (broad SMARTS) is 1. The Balaban J connectivity index is 2.02. The predicted molar refractivity (Wildman–Crippen MR) is 115 cm³/mol. The molecule has 1 N–H and O–H groups in total. The van der Waals surface area contributed by atoms with Gasteiger partial charge in [-0.05, 0) is 66.0 Å². The number of carbonyl (C=O) groups is 2. The average molecular weight is 461 g/mol. The van der Waals surface area contributed by atoms with E-state index >= 15 is 0 Å². The van der Waals surface area contributed by atoms with Gasteiger partial charge in [-0.15, -0.1) is 0 Å². The highest BCUT2D eigenvalue weighted by atomic mass is 79.9. The summed E-state index contributed by atoms with van der Waals surface area (Å²) in [6.07, 6.45) is 0. The summed E-state index contributed by atoms with van der Waals surface area (Å²) in [6, 6.07) is 9.00. The number of benzene rings is 1. The first-order chi connectivity index (χ1) is 13.4. The van der Waals surface area contributed by atoms with Crippen LogP contribution in [0.3, 0.4) is 0 Å². The number of esters is 1. The van der Waals surface area contributed by atoms with Crippen LogP contribution in [0.5, 0.6) is 0 Å². The van der Waals surface area contributed by atoms with E-state index in [9.17, 15) is 14.7 Å². The van der Waals surface area contributed by atoms with Gasteiger partial charge in [0.05, 0.1) is 10.0 Å². The van der Waals surface area contributed by atoms with Crippen molar-refractivity contribution in [2.75, 3.05) is 11.4 Å². The summed E-state index contributed by atoms with van der Waals surface area (Å²) in [4.78, 5) is 30.9. The maximum atomic E-state index is 12.6. The van der Waals surface area contributed by atoms with Crippen LogP contribution < -0.4 is 4.90 Å². The van der Waals surface area contributed by atoms with E-state index in [0.29, 0.717) is 28.9 Å². The third kappa shape index (κ3) is 4.45.